The molecule has 0 saturated carbocycles. The summed E-state index contributed by atoms with van der Waals surface area (Å²) in [5.41, 5.74) is 0.633. The highest BCUT2D eigenvalue weighted by Crippen LogP contribution is 2.19. The topological polar surface area (TPSA) is 84.3 Å². The molecule has 0 radical (unpaired) electrons. The zero-order valence-electron chi connectivity index (χ0n) is 18.8. The van der Waals surface area contributed by atoms with Gasteiger partial charge in [0.2, 0.25) is 11.8 Å². The summed E-state index contributed by atoms with van der Waals surface area (Å²) in [5.74, 6) is -0.643. The van der Waals surface area contributed by atoms with Crippen molar-refractivity contribution in [2.24, 2.45) is 0 Å². The van der Waals surface area contributed by atoms with Crippen LogP contribution in [0.1, 0.15) is 37.7 Å². The molecular formula is C24H33ClFN3O4. The number of hydrogen-bond acceptors (Lipinski definition) is 5. The Morgan fingerprint density at radius 2 is 1.97 bits per heavy atom. The number of rotatable bonds is 8. The van der Waals surface area contributed by atoms with Crippen LogP contribution < -0.4 is 0 Å². The Morgan fingerprint density at radius 1 is 1.18 bits per heavy atom. The van der Waals surface area contributed by atoms with E-state index in [4.69, 9.17) is 11.6 Å². The van der Waals surface area contributed by atoms with Gasteiger partial charge in [-0.05, 0) is 56.0 Å². The van der Waals surface area contributed by atoms with E-state index in [0.717, 1.165) is 32.4 Å². The minimum Gasteiger partial charge on any atom is -0.395 e. The number of nitrogens with zero attached hydrogens (tertiary/aromatic N) is 3. The molecule has 2 aliphatic rings. The summed E-state index contributed by atoms with van der Waals surface area (Å²) < 4.78 is 13.3. The number of hydrogen-bond donors (Lipinski definition) is 2. The van der Waals surface area contributed by atoms with Crippen LogP contribution in [0.3, 0.4) is 0 Å². The van der Waals surface area contributed by atoms with Gasteiger partial charge in [0.25, 0.3) is 0 Å². The molecule has 2 N–H and O–H groups in total. The van der Waals surface area contributed by atoms with Crippen LogP contribution in [0.5, 0.6) is 0 Å². The molecule has 0 bridgehead atoms. The van der Waals surface area contributed by atoms with Gasteiger partial charge in [-0.2, -0.15) is 0 Å². The third-order valence-corrected chi connectivity index (χ3v) is 6.70. The molecular weight excluding hydrogens is 449 g/mol. The lowest BCUT2D eigenvalue weighted by molar-refractivity contribution is -0.130. The molecule has 0 aromatic heterocycles. The van der Waals surface area contributed by atoms with Crippen molar-refractivity contribution in [1.82, 2.24) is 14.7 Å². The van der Waals surface area contributed by atoms with Gasteiger partial charge in [-0.25, -0.2) is 4.39 Å². The number of carbonyl (C=O) groups is 2. The molecule has 0 unspecified atom stereocenters. The van der Waals surface area contributed by atoms with Crippen LogP contribution in [0.2, 0.25) is 5.02 Å². The van der Waals surface area contributed by atoms with Crippen LogP contribution in [0.25, 0.3) is 6.08 Å². The molecule has 1 aromatic carbocycles. The van der Waals surface area contributed by atoms with E-state index in [1.165, 1.54) is 18.2 Å². The Morgan fingerprint density at radius 3 is 2.73 bits per heavy atom. The Hall–Kier alpha value is -2.00. The summed E-state index contributed by atoms with van der Waals surface area (Å²) in [6.07, 6.45) is 6.07. The second-order valence-electron chi connectivity index (χ2n) is 8.72. The molecule has 2 atom stereocenters. The first-order chi connectivity index (χ1) is 15.9. The fourth-order valence-electron chi connectivity index (χ4n) is 4.39. The summed E-state index contributed by atoms with van der Waals surface area (Å²) in [6.45, 7) is 3.65. The van der Waals surface area contributed by atoms with Crippen LogP contribution >= 0.6 is 11.6 Å². The summed E-state index contributed by atoms with van der Waals surface area (Å²) >= 11 is 5.78. The van der Waals surface area contributed by atoms with Crippen LogP contribution in [0.4, 0.5) is 4.39 Å². The van der Waals surface area contributed by atoms with E-state index in [2.05, 4.69) is 4.90 Å². The largest absolute Gasteiger partial charge is 0.395 e. The molecule has 2 fully saturated rings. The number of piperidine rings is 1. The number of likely N-dealkylation sites (tertiary alicyclic amines) is 1. The first kappa shape index (κ1) is 25.6. The first-order valence-corrected chi connectivity index (χ1v) is 12.0. The zero-order chi connectivity index (χ0) is 23.8. The van der Waals surface area contributed by atoms with E-state index in [0.29, 0.717) is 44.6 Å². The van der Waals surface area contributed by atoms with Crippen molar-refractivity contribution < 1.29 is 24.2 Å². The van der Waals surface area contributed by atoms with Crippen molar-refractivity contribution in [1.29, 1.82) is 0 Å². The maximum atomic E-state index is 13.3. The molecule has 0 spiro atoms. The van der Waals surface area contributed by atoms with Crippen molar-refractivity contribution >= 4 is 29.5 Å². The number of amides is 2. The number of carbonyl (C=O) groups excluding carboxylic acids is 2. The number of halogens is 2. The fourth-order valence-corrected chi connectivity index (χ4v) is 4.58. The van der Waals surface area contributed by atoms with Crippen LogP contribution in [0, 0.1) is 5.82 Å². The Kier molecular flexibility index (Phi) is 9.67. The maximum absolute atomic E-state index is 13.3. The lowest BCUT2D eigenvalue weighted by atomic mass is 9.99. The minimum absolute atomic E-state index is 0.00497. The van der Waals surface area contributed by atoms with Gasteiger partial charge in [-0.1, -0.05) is 17.7 Å². The average Bonchev–Trinajstić information content (AvgIpc) is 2.99. The number of aliphatic hydroxyl groups is 2. The highest BCUT2D eigenvalue weighted by atomic mass is 35.5. The smallest absolute Gasteiger partial charge is 0.246 e. The molecule has 0 aliphatic carbocycles. The Bertz CT molecular complexity index is 853. The SMILES string of the molecule is O=C(/C=C/c1ccc(F)c(Cl)c1)N1CCC(=O)N(CCCCN2CC[C@H](O)C[C@@H]2CO)CC1. The fraction of sp³-hybridized carbons (Fsp3) is 0.583. The molecule has 182 valence electrons. The van der Waals surface area contributed by atoms with Gasteiger partial charge in [0.15, 0.2) is 0 Å². The second-order valence-corrected chi connectivity index (χ2v) is 9.13. The predicted octanol–water partition coefficient (Wildman–Crippen LogP) is 2.15. The monoisotopic (exact) mass is 481 g/mol. The molecule has 2 aliphatic heterocycles. The summed E-state index contributed by atoms with van der Waals surface area (Å²) in [6, 6.07) is 4.27. The molecule has 1 aromatic rings. The number of unbranched alkanes of at least 4 members (excludes halogenated alkanes) is 1. The second kappa shape index (κ2) is 12.5. The average molecular weight is 482 g/mol. The van der Waals surface area contributed by atoms with Crippen molar-refractivity contribution in [2.75, 3.05) is 45.9 Å². The summed E-state index contributed by atoms with van der Waals surface area (Å²) in [4.78, 5) is 30.8. The van der Waals surface area contributed by atoms with Gasteiger partial charge < -0.3 is 20.0 Å². The minimum atomic E-state index is -0.505. The van der Waals surface area contributed by atoms with Crippen LogP contribution in [-0.4, -0.2) is 94.7 Å². The standard InChI is InChI=1S/C24H33ClFN3O4/c25-21-15-18(3-5-22(21)26)4-6-23(32)29-12-8-24(33)28(13-14-29)10-2-1-9-27-11-7-20(31)16-19(27)17-30/h3-6,15,19-20,30-31H,1-2,7-14,16-17H2/b6-4+/t19-,20+/m1/s1. The van der Waals surface area contributed by atoms with Crippen molar-refractivity contribution in [2.45, 2.75) is 44.2 Å². The van der Waals surface area contributed by atoms with Gasteiger partial charge in [0.1, 0.15) is 5.82 Å². The van der Waals surface area contributed by atoms with Gasteiger partial charge in [0.05, 0.1) is 17.7 Å². The van der Waals surface area contributed by atoms with Crippen LogP contribution in [0.15, 0.2) is 24.3 Å². The highest BCUT2D eigenvalue weighted by Gasteiger charge is 2.27. The highest BCUT2D eigenvalue weighted by molar-refractivity contribution is 6.30. The molecule has 2 heterocycles. The van der Waals surface area contributed by atoms with Gasteiger partial charge in [0, 0.05) is 51.3 Å². The summed E-state index contributed by atoms with van der Waals surface area (Å²) in [7, 11) is 0. The zero-order valence-corrected chi connectivity index (χ0v) is 19.6. The third-order valence-electron chi connectivity index (χ3n) is 6.41. The molecule has 2 amide bonds. The quantitative estimate of drug-likeness (QED) is 0.439. The van der Waals surface area contributed by atoms with Crippen LogP contribution in [-0.2, 0) is 9.59 Å². The van der Waals surface area contributed by atoms with Gasteiger partial charge >= 0.3 is 0 Å². The molecule has 3 rings (SSSR count). The van der Waals surface area contributed by atoms with E-state index in [1.54, 1.807) is 17.0 Å². The van der Waals surface area contributed by atoms with E-state index in [9.17, 15) is 24.2 Å². The van der Waals surface area contributed by atoms with Gasteiger partial charge in [-0.15, -0.1) is 0 Å². The maximum Gasteiger partial charge on any atom is 0.246 e. The lowest BCUT2D eigenvalue weighted by Gasteiger charge is -2.37. The van der Waals surface area contributed by atoms with E-state index >= 15 is 0 Å². The van der Waals surface area contributed by atoms with E-state index in [1.807, 2.05) is 4.90 Å². The van der Waals surface area contributed by atoms with Gasteiger partial charge in [-0.3, -0.25) is 14.5 Å². The molecule has 2 saturated heterocycles. The predicted molar refractivity (Wildman–Crippen MR) is 125 cm³/mol. The van der Waals surface area contributed by atoms with Crippen molar-refractivity contribution in [3.05, 3.63) is 40.7 Å². The Balaban J connectivity index is 1.43. The molecule has 9 heteroatoms. The van der Waals surface area contributed by atoms with Crippen molar-refractivity contribution in [3.8, 4) is 0 Å². The Labute approximate surface area is 199 Å². The first-order valence-electron chi connectivity index (χ1n) is 11.6. The number of benzene rings is 1. The molecule has 7 nitrogen and oxygen atoms in total. The number of aliphatic hydroxyl groups excluding tert-OH is 2. The van der Waals surface area contributed by atoms with E-state index < -0.39 is 5.82 Å². The van der Waals surface area contributed by atoms with E-state index in [-0.39, 0.29) is 35.6 Å². The lowest BCUT2D eigenvalue weighted by Crippen LogP contribution is -2.46. The summed E-state index contributed by atoms with van der Waals surface area (Å²) in [5, 5.41) is 19.3. The van der Waals surface area contributed by atoms with Crippen molar-refractivity contribution in [3.63, 3.8) is 0 Å². The molecule has 33 heavy (non-hydrogen) atoms. The third kappa shape index (κ3) is 7.50. The normalized spacial score (nSPS) is 22.7.